The Balaban J connectivity index is 1.61. The van der Waals surface area contributed by atoms with Gasteiger partial charge in [-0.2, -0.15) is 0 Å². The number of nitrogens with zero attached hydrogens (tertiary/aromatic N) is 1. The SMILES string of the molecule is COc1ccc(C2C3C(NNC3c3ccc(Cl)cc3)C(=O)N2c2ccc(C)cc2)cc1. The van der Waals surface area contributed by atoms with Gasteiger partial charge in [0.05, 0.1) is 19.2 Å². The molecule has 2 fully saturated rings. The van der Waals surface area contributed by atoms with E-state index in [1.807, 2.05) is 72.5 Å². The minimum Gasteiger partial charge on any atom is -0.497 e. The third-order valence-electron chi connectivity index (χ3n) is 6.31. The molecule has 0 spiro atoms. The summed E-state index contributed by atoms with van der Waals surface area (Å²) < 4.78 is 5.35. The smallest absolute Gasteiger partial charge is 0.246 e. The summed E-state index contributed by atoms with van der Waals surface area (Å²) in [6.07, 6.45) is 0. The van der Waals surface area contributed by atoms with Gasteiger partial charge in [-0.15, -0.1) is 0 Å². The van der Waals surface area contributed by atoms with Gasteiger partial charge in [0.25, 0.3) is 0 Å². The number of benzene rings is 3. The van der Waals surface area contributed by atoms with Crippen LogP contribution in [0.3, 0.4) is 0 Å². The van der Waals surface area contributed by atoms with E-state index in [9.17, 15) is 4.79 Å². The summed E-state index contributed by atoms with van der Waals surface area (Å²) in [5, 5.41) is 0.696. The quantitative estimate of drug-likeness (QED) is 0.632. The summed E-state index contributed by atoms with van der Waals surface area (Å²) in [5.41, 5.74) is 10.9. The molecule has 0 radical (unpaired) electrons. The number of methoxy groups -OCH3 is 1. The molecule has 158 valence electrons. The number of carbonyl (C=O) groups is 1. The van der Waals surface area contributed by atoms with Crippen LogP contribution in [-0.4, -0.2) is 19.1 Å². The van der Waals surface area contributed by atoms with Gasteiger partial charge in [0, 0.05) is 16.6 Å². The molecule has 1 amide bonds. The minimum absolute atomic E-state index is 0.00312. The van der Waals surface area contributed by atoms with Crippen molar-refractivity contribution in [2.24, 2.45) is 5.92 Å². The van der Waals surface area contributed by atoms with Crippen molar-refractivity contribution in [3.05, 3.63) is 94.5 Å². The van der Waals surface area contributed by atoms with E-state index in [0.29, 0.717) is 5.02 Å². The van der Waals surface area contributed by atoms with E-state index in [0.717, 1.165) is 28.1 Å². The fourth-order valence-corrected chi connectivity index (χ4v) is 4.88. The molecular weight excluding hydrogens is 410 g/mol. The number of aryl methyl sites for hydroxylation is 1. The second-order valence-electron chi connectivity index (χ2n) is 8.13. The normalized spacial score (nSPS) is 25.0. The molecule has 0 saturated carbocycles. The van der Waals surface area contributed by atoms with Crippen molar-refractivity contribution in [2.75, 3.05) is 12.0 Å². The van der Waals surface area contributed by atoms with Crippen LogP contribution < -0.4 is 20.5 Å². The highest BCUT2D eigenvalue weighted by molar-refractivity contribution is 6.30. The molecule has 2 N–H and O–H groups in total. The summed E-state index contributed by atoms with van der Waals surface area (Å²) in [7, 11) is 1.66. The number of rotatable bonds is 4. The Morgan fingerprint density at radius 3 is 2.10 bits per heavy atom. The number of anilines is 1. The van der Waals surface area contributed by atoms with Crippen LogP contribution in [0.15, 0.2) is 72.8 Å². The Kier molecular flexibility index (Phi) is 5.18. The van der Waals surface area contributed by atoms with Crippen molar-refractivity contribution in [3.63, 3.8) is 0 Å². The topological polar surface area (TPSA) is 53.6 Å². The van der Waals surface area contributed by atoms with E-state index < -0.39 is 0 Å². The molecule has 4 unspecified atom stereocenters. The zero-order chi connectivity index (χ0) is 21.5. The lowest BCUT2D eigenvalue weighted by Crippen LogP contribution is -2.41. The van der Waals surface area contributed by atoms with Crippen LogP contribution in [0.4, 0.5) is 5.69 Å². The molecule has 0 bridgehead atoms. The van der Waals surface area contributed by atoms with E-state index >= 15 is 0 Å². The van der Waals surface area contributed by atoms with Crippen LogP contribution in [0.25, 0.3) is 0 Å². The van der Waals surface area contributed by atoms with Gasteiger partial charge in [0.15, 0.2) is 0 Å². The van der Waals surface area contributed by atoms with Crippen LogP contribution in [0.1, 0.15) is 28.8 Å². The monoisotopic (exact) mass is 433 g/mol. The fraction of sp³-hybridized carbons (Fsp3) is 0.240. The third-order valence-corrected chi connectivity index (χ3v) is 6.56. The summed E-state index contributed by atoms with van der Waals surface area (Å²) in [6.45, 7) is 2.05. The van der Waals surface area contributed by atoms with Crippen LogP contribution in [0, 0.1) is 12.8 Å². The number of nitrogens with one attached hydrogen (secondary N) is 2. The van der Waals surface area contributed by atoms with Crippen LogP contribution in [-0.2, 0) is 4.79 Å². The maximum atomic E-state index is 13.6. The Labute approximate surface area is 186 Å². The zero-order valence-electron chi connectivity index (χ0n) is 17.4. The zero-order valence-corrected chi connectivity index (χ0v) is 18.1. The molecule has 3 aromatic carbocycles. The summed E-state index contributed by atoms with van der Waals surface area (Å²) >= 11 is 6.11. The van der Waals surface area contributed by atoms with Crippen molar-refractivity contribution in [1.82, 2.24) is 10.9 Å². The van der Waals surface area contributed by atoms with Gasteiger partial charge in [-0.05, 0) is 54.4 Å². The summed E-state index contributed by atoms with van der Waals surface area (Å²) in [6, 6.07) is 23.5. The lowest BCUT2D eigenvalue weighted by Gasteiger charge is -2.31. The lowest BCUT2D eigenvalue weighted by molar-refractivity contribution is -0.119. The summed E-state index contributed by atoms with van der Waals surface area (Å²) in [5.74, 6) is 0.866. The number of halogens is 1. The van der Waals surface area contributed by atoms with Gasteiger partial charge in [-0.1, -0.05) is 53.6 Å². The maximum Gasteiger partial charge on any atom is 0.246 e. The first-order valence-electron chi connectivity index (χ1n) is 10.4. The Hall–Kier alpha value is -2.86. The number of ether oxygens (including phenoxy) is 1. The molecule has 2 aliphatic rings. The molecule has 2 aliphatic heterocycles. The van der Waals surface area contributed by atoms with E-state index in [1.165, 1.54) is 0 Å². The Morgan fingerprint density at radius 2 is 1.45 bits per heavy atom. The maximum absolute atomic E-state index is 13.6. The predicted octanol–water partition coefficient (Wildman–Crippen LogP) is 4.58. The van der Waals surface area contributed by atoms with E-state index in [1.54, 1.807) is 7.11 Å². The van der Waals surface area contributed by atoms with Crippen molar-refractivity contribution in [1.29, 1.82) is 0 Å². The number of hydrazine groups is 1. The molecule has 0 aliphatic carbocycles. The van der Waals surface area contributed by atoms with Crippen molar-refractivity contribution in [3.8, 4) is 5.75 Å². The molecule has 5 rings (SSSR count). The van der Waals surface area contributed by atoms with Crippen molar-refractivity contribution in [2.45, 2.75) is 25.0 Å². The second kappa shape index (κ2) is 8.00. The molecule has 4 atom stereocenters. The van der Waals surface area contributed by atoms with Crippen molar-refractivity contribution >= 4 is 23.2 Å². The number of carbonyl (C=O) groups excluding carboxylic acids is 1. The molecule has 6 heteroatoms. The minimum atomic E-state index is -0.325. The Bertz CT molecular complexity index is 1080. The molecule has 2 heterocycles. The highest BCUT2D eigenvalue weighted by Gasteiger charge is 2.55. The van der Waals surface area contributed by atoms with Gasteiger partial charge < -0.3 is 9.64 Å². The number of hydrogen-bond acceptors (Lipinski definition) is 4. The fourth-order valence-electron chi connectivity index (χ4n) is 4.76. The second-order valence-corrected chi connectivity index (χ2v) is 8.57. The van der Waals surface area contributed by atoms with Gasteiger partial charge in [0.2, 0.25) is 5.91 Å². The van der Waals surface area contributed by atoms with Gasteiger partial charge in [-0.3, -0.25) is 4.79 Å². The first kappa shape index (κ1) is 20.1. The highest BCUT2D eigenvalue weighted by Crippen LogP contribution is 2.49. The molecular formula is C25H24ClN3O2. The standard InChI is InChI=1S/C25H24ClN3O2/c1-15-3-11-19(12-4-15)29-24(17-7-13-20(31-2)14-8-17)21-22(27-28-23(21)25(29)30)16-5-9-18(26)10-6-16/h3-14,21-24,27-28H,1-2H3. The molecule has 3 aromatic rings. The highest BCUT2D eigenvalue weighted by atomic mass is 35.5. The number of hydrogen-bond donors (Lipinski definition) is 2. The average molecular weight is 434 g/mol. The molecule has 0 aromatic heterocycles. The molecule has 5 nitrogen and oxygen atoms in total. The average Bonchev–Trinajstić information content (AvgIpc) is 3.34. The van der Waals surface area contributed by atoms with E-state index in [2.05, 4.69) is 23.0 Å². The van der Waals surface area contributed by atoms with Crippen LogP contribution in [0.5, 0.6) is 5.75 Å². The van der Waals surface area contributed by atoms with E-state index in [-0.39, 0.29) is 30.0 Å². The predicted molar refractivity (Wildman–Crippen MR) is 122 cm³/mol. The molecule has 31 heavy (non-hydrogen) atoms. The molecule has 2 saturated heterocycles. The van der Waals surface area contributed by atoms with Crippen molar-refractivity contribution < 1.29 is 9.53 Å². The largest absolute Gasteiger partial charge is 0.497 e. The lowest BCUT2D eigenvalue weighted by atomic mass is 9.83. The van der Waals surface area contributed by atoms with Gasteiger partial charge in [-0.25, -0.2) is 10.9 Å². The number of amides is 1. The Morgan fingerprint density at radius 1 is 0.839 bits per heavy atom. The first-order valence-corrected chi connectivity index (χ1v) is 10.7. The first-order chi connectivity index (χ1) is 15.1. The third kappa shape index (κ3) is 3.49. The summed E-state index contributed by atoms with van der Waals surface area (Å²) in [4.78, 5) is 15.5. The van der Waals surface area contributed by atoms with Crippen LogP contribution in [0.2, 0.25) is 5.02 Å². The van der Waals surface area contributed by atoms with E-state index in [4.69, 9.17) is 16.3 Å². The van der Waals surface area contributed by atoms with Crippen LogP contribution >= 0.6 is 11.6 Å². The van der Waals surface area contributed by atoms with Gasteiger partial charge >= 0.3 is 0 Å². The number of fused-ring (bicyclic) bond motifs is 1. The van der Waals surface area contributed by atoms with Gasteiger partial charge in [0.1, 0.15) is 11.8 Å².